The summed E-state index contributed by atoms with van der Waals surface area (Å²) in [5.74, 6) is 0. The van der Waals surface area contributed by atoms with E-state index in [-0.39, 0.29) is 0 Å². The van der Waals surface area contributed by atoms with Crippen LogP contribution in [-0.2, 0) is 0 Å². The summed E-state index contributed by atoms with van der Waals surface area (Å²) >= 11 is 0. The predicted octanol–water partition coefficient (Wildman–Crippen LogP) is -0.283. The minimum atomic E-state index is 0.884. The maximum absolute atomic E-state index is 3.64. The van der Waals surface area contributed by atoms with Crippen molar-refractivity contribution in [3.8, 4) is 0 Å². The van der Waals surface area contributed by atoms with Gasteiger partial charge in [0.15, 0.2) is 0 Å². The zero-order valence-electron chi connectivity index (χ0n) is 10.2. The lowest BCUT2D eigenvalue weighted by Crippen LogP contribution is -2.35. The molecule has 0 bridgehead atoms. The van der Waals surface area contributed by atoms with Gasteiger partial charge in [-0.25, -0.2) is 0 Å². The van der Waals surface area contributed by atoms with Crippen LogP contribution >= 0.6 is 0 Å². The molecule has 0 unspecified atom stereocenters. The smallest absolute Gasteiger partial charge is 0.0132 e. The first-order chi connectivity index (χ1) is 7.91. The van der Waals surface area contributed by atoms with E-state index in [9.17, 15) is 0 Å². The molecule has 4 N–H and O–H groups in total. The van der Waals surface area contributed by atoms with Crippen molar-refractivity contribution < 1.29 is 0 Å². The lowest BCUT2D eigenvalue weighted by Gasteiger charge is -2.07. The molecule has 0 saturated heterocycles. The lowest BCUT2D eigenvalue weighted by molar-refractivity contribution is 0.581. The molecule has 0 spiro atoms. The topological polar surface area (TPSA) is 48.1 Å². The molecule has 94 valence electrons. The van der Waals surface area contributed by atoms with Crippen LogP contribution in [0.5, 0.6) is 0 Å². The Bertz CT molecular complexity index is 141. The van der Waals surface area contributed by atoms with Gasteiger partial charge in [0.25, 0.3) is 0 Å². The Hall–Kier alpha value is -0.680. The van der Waals surface area contributed by atoms with Gasteiger partial charge in [-0.2, -0.15) is 0 Å². The second kappa shape index (κ2) is 14.3. The predicted molar refractivity (Wildman–Crippen MR) is 71.9 cm³/mol. The van der Waals surface area contributed by atoms with E-state index >= 15 is 0 Å². The van der Waals surface area contributed by atoms with Crippen molar-refractivity contribution in [3.05, 3.63) is 25.3 Å². The van der Waals surface area contributed by atoms with Crippen LogP contribution in [0.1, 0.15) is 0 Å². The van der Waals surface area contributed by atoms with Crippen molar-refractivity contribution in [2.45, 2.75) is 0 Å². The maximum atomic E-state index is 3.64. The van der Waals surface area contributed by atoms with Gasteiger partial charge >= 0.3 is 0 Å². The quantitative estimate of drug-likeness (QED) is 0.258. The largest absolute Gasteiger partial charge is 0.314 e. The first kappa shape index (κ1) is 15.3. The van der Waals surface area contributed by atoms with E-state index in [4.69, 9.17) is 0 Å². The number of rotatable bonds is 13. The fourth-order valence-electron chi connectivity index (χ4n) is 1.19. The van der Waals surface area contributed by atoms with Gasteiger partial charge in [-0.05, 0) is 0 Å². The molecule has 0 heterocycles. The van der Waals surface area contributed by atoms with E-state index in [0.29, 0.717) is 0 Å². The Kier molecular flexibility index (Phi) is 13.7. The summed E-state index contributed by atoms with van der Waals surface area (Å²) in [6.45, 7) is 15.1. The molecule has 0 fully saturated rings. The van der Waals surface area contributed by atoms with E-state index < -0.39 is 0 Å². The second-order valence-electron chi connectivity index (χ2n) is 3.49. The van der Waals surface area contributed by atoms with Gasteiger partial charge in [-0.3, -0.25) is 0 Å². The van der Waals surface area contributed by atoms with Crippen LogP contribution in [0.2, 0.25) is 0 Å². The Morgan fingerprint density at radius 1 is 0.562 bits per heavy atom. The third-order valence-corrected chi connectivity index (χ3v) is 2.01. The highest BCUT2D eigenvalue weighted by Gasteiger charge is 1.88. The van der Waals surface area contributed by atoms with Crippen LogP contribution in [0.15, 0.2) is 25.3 Å². The van der Waals surface area contributed by atoms with Crippen molar-refractivity contribution in [1.82, 2.24) is 21.3 Å². The highest BCUT2D eigenvalue weighted by molar-refractivity contribution is 4.70. The summed E-state index contributed by atoms with van der Waals surface area (Å²) in [5, 5.41) is 13.2. The number of nitrogens with one attached hydrogen (secondary N) is 4. The molecular weight excluding hydrogens is 200 g/mol. The summed E-state index contributed by atoms with van der Waals surface area (Å²) in [4.78, 5) is 0. The van der Waals surface area contributed by atoms with Crippen molar-refractivity contribution in [2.24, 2.45) is 0 Å². The Morgan fingerprint density at radius 3 is 1.19 bits per heavy atom. The molecule has 0 atom stereocenters. The zero-order chi connectivity index (χ0) is 11.9. The Labute approximate surface area is 99.6 Å². The van der Waals surface area contributed by atoms with E-state index in [1.54, 1.807) is 0 Å². The molecule has 0 aliphatic carbocycles. The summed E-state index contributed by atoms with van der Waals surface area (Å²) in [5.41, 5.74) is 0. The van der Waals surface area contributed by atoms with E-state index in [1.165, 1.54) is 0 Å². The first-order valence-corrected chi connectivity index (χ1v) is 5.96. The minimum Gasteiger partial charge on any atom is -0.314 e. The van der Waals surface area contributed by atoms with Gasteiger partial charge < -0.3 is 21.3 Å². The maximum Gasteiger partial charge on any atom is 0.0132 e. The summed E-state index contributed by atoms with van der Waals surface area (Å²) in [6, 6.07) is 0. The molecule has 0 saturated carbocycles. The van der Waals surface area contributed by atoms with Crippen LogP contribution in [0.4, 0.5) is 0 Å². The van der Waals surface area contributed by atoms with E-state index in [2.05, 4.69) is 34.4 Å². The second-order valence-corrected chi connectivity index (χ2v) is 3.49. The first-order valence-electron chi connectivity index (χ1n) is 5.96. The molecule has 0 aromatic heterocycles. The summed E-state index contributed by atoms with van der Waals surface area (Å²) < 4.78 is 0. The highest BCUT2D eigenvalue weighted by Crippen LogP contribution is 1.64. The molecule has 0 aliphatic heterocycles. The van der Waals surface area contributed by atoms with Gasteiger partial charge in [-0.15, -0.1) is 13.2 Å². The monoisotopic (exact) mass is 226 g/mol. The molecule has 0 aromatic carbocycles. The molecule has 0 aliphatic rings. The Morgan fingerprint density at radius 2 is 0.875 bits per heavy atom. The molecule has 16 heavy (non-hydrogen) atoms. The summed E-state index contributed by atoms with van der Waals surface area (Å²) in [6.07, 6.45) is 3.75. The highest BCUT2D eigenvalue weighted by atomic mass is 15.0. The molecular formula is C12H26N4. The third-order valence-electron chi connectivity index (χ3n) is 2.01. The van der Waals surface area contributed by atoms with Crippen LogP contribution < -0.4 is 21.3 Å². The molecule has 4 heteroatoms. The van der Waals surface area contributed by atoms with Crippen LogP contribution in [0.3, 0.4) is 0 Å². The lowest BCUT2D eigenvalue weighted by atomic mass is 10.5. The van der Waals surface area contributed by atoms with Crippen molar-refractivity contribution in [1.29, 1.82) is 0 Å². The van der Waals surface area contributed by atoms with Crippen molar-refractivity contribution in [3.63, 3.8) is 0 Å². The molecule has 0 aromatic rings. The molecule has 0 radical (unpaired) electrons. The van der Waals surface area contributed by atoms with Gasteiger partial charge in [0.2, 0.25) is 0 Å². The minimum absolute atomic E-state index is 0.884. The fraction of sp³-hybridized carbons (Fsp3) is 0.667. The zero-order valence-corrected chi connectivity index (χ0v) is 10.2. The Balaban J connectivity index is 2.87. The fourth-order valence-corrected chi connectivity index (χ4v) is 1.19. The number of hydrogen-bond donors (Lipinski definition) is 4. The van der Waals surface area contributed by atoms with Crippen LogP contribution in [0.25, 0.3) is 0 Å². The van der Waals surface area contributed by atoms with E-state index in [0.717, 1.165) is 52.4 Å². The average Bonchev–Trinajstić information content (AvgIpc) is 2.31. The SMILES string of the molecule is C=CCNCCNCCNCCNCC=C. The average molecular weight is 226 g/mol. The van der Waals surface area contributed by atoms with Crippen molar-refractivity contribution in [2.75, 3.05) is 52.4 Å². The molecule has 0 rings (SSSR count). The van der Waals surface area contributed by atoms with Crippen LogP contribution in [-0.4, -0.2) is 52.4 Å². The van der Waals surface area contributed by atoms with Gasteiger partial charge in [-0.1, -0.05) is 12.2 Å². The standard InChI is InChI=1S/C12H26N4/c1-3-5-13-7-9-15-11-12-16-10-8-14-6-4-2/h3-4,13-16H,1-2,5-12H2. The van der Waals surface area contributed by atoms with Crippen molar-refractivity contribution >= 4 is 0 Å². The normalized spacial score (nSPS) is 10.2. The molecule has 0 amide bonds. The van der Waals surface area contributed by atoms with E-state index in [1.807, 2.05) is 12.2 Å². The van der Waals surface area contributed by atoms with Crippen LogP contribution in [0, 0.1) is 0 Å². The number of hydrogen-bond acceptors (Lipinski definition) is 4. The van der Waals surface area contributed by atoms with Gasteiger partial charge in [0.05, 0.1) is 0 Å². The van der Waals surface area contributed by atoms with Gasteiger partial charge in [0, 0.05) is 52.4 Å². The third kappa shape index (κ3) is 13.3. The molecule has 4 nitrogen and oxygen atoms in total. The van der Waals surface area contributed by atoms with Gasteiger partial charge in [0.1, 0.15) is 0 Å². The summed E-state index contributed by atoms with van der Waals surface area (Å²) in [7, 11) is 0.